The molecule has 19 heavy (non-hydrogen) atoms. The molecule has 1 aromatic heterocycles. The van der Waals surface area contributed by atoms with E-state index in [4.69, 9.17) is 0 Å². The topological polar surface area (TPSA) is 15.3 Å². The van der Waals surface area contributed by atoms with E-state index >= 15 is 0 Å². The lowest BCUT2D eigenvalue weighted by molar-refractivity contribution is 0.229. The number of likely N-dealkylation sites (tertiary alicyclic amines) is 1. The van der Waals surface area contributed by atoms with Crippen LogP contribution in [-0.2, 0) is 6.54 Å². The molecule has 0 amide bonds. The number of hydrogen-bond acceptors (Lipinski definition) is 3. The minimum atomic E-state index is 0.464. The monoisotopic (exact) mass is 344 g/mol. The molecule has 1 aromatic rings. The smallest absolute Gasteiger partial charge is 0.0300 e. The molecule has 1 unspecified atom stereocenters. The molecule has 0 radical (unpaired) electrons. The van der Waals surface area contributed by atoms with Crippen molar-refractivity contribution in [2.45, 2.75) is 33.7 Å². The summed E-state index contributed by atoms with van der Waals surface area (Å²) in [7, 11) is 0. The lowest BCUT2D eigenvalue weighted by atomic mass is 9.80. The summed E-state index contributed by atoms with van der Waals surface area (Å²) < 4.78 is 1.20. The van der Waals surface area contributed by atoms with Crippen LogP contribution in [0, 0.1) is 11.3 Å². The van der Waals surface area contributed by atoms with Crippen LogP contribution in [0.1, 0.15) is 32.1 Å². The van der Waals surface area contributed by atoms with Crippen molar-refractivity contribution in [3.63, 3.8) is 0 Å². The second kappa shape index (κ2) is 6.70. The summed E-state index contributed by atoms with van der Waals surface area (Å²) in [6.45, 7) is 12.9. The summed E-state index contributed by atoms with van der Waals surface area (Å²) in [5.41, 5.74) is 0.464. The molecule has 1 aliphatic rings. The summed E-state index contributed by atoms with van der Waals surface area (Å²) in [4.78, 5) is 4.01. The van der Waals surface area contributed by atoms with Crippen LogP contribution in [0.2, 0.25) is 0 Å². The maximum absolute atomic E-state index is 3.54. The minimum Gasteiger partial charge on any atom is -0.311 e. The van der Waals surface area contributed by atoms with Crippen LogP contribution in [0.5, 0.6) is 0 Å². The lowest BCUT2D eigenvalue weighted by Crippen LogP contribution is -2.31. The molecule has 2 rings (SSSR count). The van der Waals surface area contributed by atoms with E-state index in [1.54, 1.807) is 0 Å². The molecule has 1 saturated heterocycles. The fourth-order valence-corrected chi connectivity index (χ4v) is 4.06. The van der Waals surface area contributed by atoms with E-state index in [1.807, 2.05) is 11.3 Å². The Bertz CT molecular complexity index is 397. The summed E-state index contributed by atoms with van der Waals surface area (Å²) >= 11 is 5.31. The molecule has 0 bridgehead atoms. The Morgan fingerprint density at radius 2 is 2.26 bits per heavy atom. The Balaban J connectivity index is 1.62. The standard InChI is InChI=1S/C15H25BrN2S/c1-15(2,3)12-4-6-18(10-12)7-5-17-9-14-8-13(16)11-19-14/h8,11-12,17H,4-7,9-10H2,1-3H3. The zero-order valence-corrected chi connectivity index (χ0v) is 14.6. The molecule has 1 aliphatic heterocycles. The van der Waals surface area contributed by atoms with E-state index in [1.165, 1.54) is 35.4 Å². The van der Waals surface area contributed by atoms with E-state index in [2.05, 4.69) is 58.4 Å². The van der Waals surface area contributed by atoms with Gasteiger partial charge < -0.3 is 10.2 Å². The van der Waals surface area contributed by atoms with E-state index in [9.17, 15) is 0 Å². The molecular formula is C15H25BrN2S. The van der Waals surface area contributed by atoms with Gasteiger partial charge in [0.05, 0.1) is 0 Å². The first-order valence-electron chi connectivity index (χ1n) is 7.11. The van der Waals surface area contributed by atoms with E-state index in [-0.39, 0.29) is 0 Å². The maximum Gasteiger partial charge on any atom is 0.0300 e. The molecule has 0 saturated carbocycles. The van der Waals surface area contributed by atoms with Crippen molar-refractivity contribution in [2.24, 2.45) is 11.3 Å². The number of rotatable bonds is 5. The van der Waals surface area contributed by atoms with Crippen molar-refractivity contribution in [1.29, 1.82) is 0 Å². The third-order valence-electron chi connectivity index (χ3n) is 4.02. The van der Waals surface area contributed by atoms with E-state index in [0.717, 1.165) is 19.0 Å². The number of halogens is 1. The predicted molar refractivity (Wildman–Crippen MR) is 87.7 cm³/mol. The quantitative estimate of drug-likeness (QED) is 0.813. The highest BCUT2D eigenvalue weighted by Gasteiger charge is 2.31. The van der Waals surface area contributed by atoms with Crippen LogP contribution >= 0.6 is 27.3 Å². The first-order valence-corrected chi connectivity index (χ1v) is 8.78. The molecule has 4 heteroatoms. The number of nitrogens with one attached hydrogen (secondary N) is 1. The SMILES string of the molecule is CC(C)(C)C1CCN(CCNCc2cc(Br)cs2)C1. The Morgan fingerprint density at radius 1 is 1.47 bits per heavy atom. The average Bonchev–Trinajstić information content (AvgIpc) is 2.93. The summed E-state index contributed by atoms with van der Waals surface area (Å²) in [5.74, 6) is 0.862. The van der Waals surface area contributed by atoms with Crippen molar-refractivity contribution < 1.29 is 0 Å². The van der Waals surface area contributed by atoms with Crippen LogP contribution in [-0.4, -0.2) is 31.1 Å². The van der Waals surface area contributed by atoms with Crippen LogP contribution in [0.25, 0.3) is 0 Å². The van der Waals surface area contributed by atoms with Crippen LogP contribution < -0.4 is 5.32 Å². The number of nitrogens with zero attached hydrogens (tertiary/aromatic N) is 1. The Morgan fingerprint density at radius 3 is 2.84 bits per heavy atom. The van der Waals surface area contributed by atoms with Crippen LogP contribution in [0.15, 0.2) is 15.9 Å². The summed E-state index contributed by atoms with van der Waals surface area (Å²) in [6, 6.07) is 2.20. The lowest BCUT2D eigenvalue weighted by Gasteiger charge is -2.27. The second-order valence-electron chi connectivity index (χ2n) is 6.56. The molecular weight excluding hydrogens is 320 g/mol. The van der Waals surface area contributed by atoms with Crippen molar-refractivity contribution in [3.8, 4) is 0 Å². The van der Waals surface area contributed by atoms with Gasteiger partial charge in [0.15, 0.2) is 0 Å². The van der Waals surface area contributed by atoms with Crippen molar-refractivity contribution in [3.05, 3.63) is 20.8 Å². The van der Waals surface area contributed by atoms with Gasteiger partial charge in [0.1, 0.15) is 0 Å². The highest BCUT2D eigenvalue weighted by atomic mass is 79.9. The van der Waals surface area contributed by atoms with E-state index < -0.39 is 0 Å². The normalized spacial score (nSPS) is 21.2. The van der Waals surface area contributed by atoms with Gasteiger partial charge >= 0.3 is 0 Å². The Hall–Kier alpha value is 0.1000. The highest BCUT2D eigenvalue weighted by molar-refractivity contribution is 9.10. The molecule has 2 heterocycles. The zero-order valence-electron chi connectivity index (χ0n) is 12.2. The van der Waals surface area contributed by atoms with Gasteiger partial charge in [-0.1, -0.05) is 20.8 Å². The van der Waals surface area contributed by atoms with Gasteiger partial charge in [-0.2, -0.15) is 0 Å². The van der Waals surface area contributed by atoms with Gasteiger partial charge in [-0.3, -0.25) is 0 Å². The molecule has 1 N–H and O–H groups in total. The largest absolute Gasteiger partial charge is 0.311 e. The highest BCUT2D eigenvalue weighted by Crippen LogP contribution is 2.33. The molecule has 0 aromatic carbocycles. The number of thiophene rings is 1. The third-order valence-corrected chi connectivity index (χ3v) is 5.72. The second-order valence-corrected chi connectivity index (χ2v) is 8.47. The predicted octanol–water partition coefficient (Wildman–Crippen LogP) is 3.97. The van der Waals surface area contributed by atoms with Gasteiger partial charge in [-0.15, -0.1) is 11.3 Å². The minimum absolute atomic E-state index is 0.464. The molecule has 1 fully saturated rings. The molecule has 0 spiro atoms. The van der Waals surface area contributed by atoms with Crippen molar-refractivity contribution in [1.82, 2.24) is 10.2 Å². The maximum atomic E-state index is 3.54. The average molecular weight is 345 g/mol. The van der Waals surface area contributed by atoms with Crippen LogP contribution in [0.4, 0.5) is 0 Å². The first kappa shape index (κ1) is 15.5. The fourth-order valence-electron chi connectivity index (χ4n) is 2.64. The molecule has 2 nitrogen and oxygen atoms in total. The molecule has 1 atom stereocenters. The molecule has 0 aliphatic carbocycles. The van der Waals surface area contributed by atoms with Gasteiger partial charge in [-0.05, 0) is 46.3 Å². The summed E-state index contributed by atoms with van der Waals surface area (Å²) in [5, 5.41) is 5.69. The fraction of sp³-hybridized carbons (Fsp3) is 0.733. The van der Waals surface area contributed by atoms with Gasteiger partial charge in [0.25, 0.3) is 0 Å². The Kier molecular flexibility index (Phi) is 5.46. The van der Waals surface area contributed by atoms with Crippen molar-refractivity contribution in [2.75, 3.05) is 26.2 Å². The van der Waals surface area contributed by atoms with Crippen LogP contribution in [0.3, 0.4) is 0 Å². The van der Waals surface area contributed by atoms with Gasteiger partial charge in [0, 0.05) is 40.9 Å². The Labute approximate surface area is 129 Å². The van der Waals surface area contributed by atoms with Gasteiger partial charge in [0.2, 0.25) is 0 Å². The zero-order chi connectivity index (χ0) is 13.9. The van der Waals surface area contributed by atoms with E-state index in [0.29, 0.717) is 5.41 Å². The van der Waals surface area contributed by atoms with Crippen molar-refractivity contribution >= 4 is 27.3 Å². The molecule has 108 valence electrons. The third kappa shape index (κ3) is 4.85. The first-order chi connectivity index (χ1) is 8.95. The number of hydrogen-bond donors (Lipinski definition) is 1. The summed E-state index contributed by atoms with van der Waals surface area (Å²) in [6.07, 6.45) is 1.36. The van der Waals surface area contributed by atoms with Gasteiger partial charge in [-0.25, -0.2) is 0 Å².